The summed E-state index contributed by atoms with van der Waals surface area (Å²) in [6.45, 7) is 8.70. The van der Waals surface area contributed by atoms with Crippen LogP contribution in [0.25, 0.3) is 0 Å². The molecule has 8 heteroatoms. The zero-order chi connectivity index (χ0) is 30.4. The maximum atomic E-state index is 13.8. The molecule has 0 atom stereocenters. The molecule has 1 aliphatic heterocycles. The number of carbonyl (C=O) groups is 4. The maximum Gasteiger partial charge on any atom is 0.335 e. The quantitative estimate of drug-likeness (QED) is 0.389. The topological polar surface area (TPSA) is 121 Å². The second-order valence-corrected chi connectivity index (χ2v) is 13.2. The fraction of sp³-hybridized carbons (Fsp3) is 0.412. The van der Waals surface area contributed by atoms with Gasteiger partial charge < -0.3 is 19.8 Å². The van der Waals surface area contributed by atoms with Crippen molar-refractivity contribution in [3.8, 4) is 5.75 Å². The number of nitrogens with zero attached hydrogens (tertiary/aromatic N) is 1. The lowest BCUT2D eigenvalue weighted by atomic mass is 9.63. The minimum absolute atomic E-state index is 0.000827. The number of rotatable bonds is 8. The van der Waals surface area contributed by atoms with Crippen LogP contribution in [-0.4, -0.2) is 45.2 Å². The highest BCUT2D eigenvalue weighted by molar-refractivity contribution is 6.06. The van der Waals surface area contributed by atoms with Crippen molar-refractivity contribution in [1.29, 1.82) is 0 Å². The van der Waals surface area contributed by atoms with E-state index in [0.717, 1.165) is 22.5 Å². The van der Waals surface area contributed by atoms with Crippen molar-refractivity contribution in [2.75, 3.05) is 6.54 Å². The van der Waals surface area contributed by atoms with E-state index < -0.39 is 17.9 Å². The summed E-state index contributed by atoms with van der Waals surface area (Å²) in [5, 5.41) is 18.6. The van der Waals surface area contributed by atoms with Crippen LogP contribution in [0.3, 0.4) is 0 Å². The summed E-state index contributed by atoms with van der Waals surface area (Å²) in [7, 11) is 0. The van der Waals surface area contributed by atoms with Crippen LogP contribution in [0.5, 0.6) is 5.75 Å². The fourth-order valence-corrected chi connectivity index (χ4v) is 6.53. The lowest BCUT2D eigenvalue weighted by Crippen LogP contribution is -2.45. The Morgan fingerprint density at radius 3 is 1.81 bits per heavy atom. The average molecular weight is 572 g/mol. The SMILES string of the molecule is CC1(C)CC(=O)C2=C(C1)N(CCC(=O)O)C1=C(C(=O)CC(C)(C)C1)C2c1ccc(OCc2ccc(C(=O)O)cc2)cc1. The molecule has 0 aromatic heterocycles. The molecule has 0 amide bonds. The van der Waals surface area contributed by atoms with Crippen LogP contribution in [0, 0.1) is 10.8 Å². The molecule has 220 valence electrons. The molecule has 0 fully saturated rings. The number of hydrogen-bond donors (Lipinski definition) is 2. The van der Waals surface area contributed by atoms with Gasteiger partial charge in [-0.25, -0.2) is 4.79 Å². The van der Waals surface area contributed by atoms with Gasteiger partial charge in [-0.05, 0) is 59.1 Å². The fourth-order valence-electron chi connectivity index (χ4n) is 6.53. The predicted molar refractivity (Wildman–Crippen MR) is 156 cm³/mol. The van der Waals surface area contributed by atoms with Gasteiger partial charge in [0.05, 0.1) is 12.0 Å². The van der Waals surface area contributed by atoms with Crippen molar-refractivity contribution >= 4 is 23.5 Å². The van der Waals surface area contributed by atoms with Gasteiger partial charge in [0, 0.05) is 47.8 Å². The van der Waals surface area contributed by atoms with Gasteiger partial charge in [-0.2, -0.15) is 0 Å². The lowest BCUT2D eigenvalue weighted by Gasteiger charge is -2.49. The summed E-state index contributed by atoms with van der Waals surface area (Å²) in [4.78, 5) is 52.3. The van der Waals surface area contributed by atoms with E-state index in [4.69, 9.17) is 9.84 Å². The molecule has 42 heavy (non-hydrogen) atoms. The molecule has 8 nitrogen and oxygen atoms in total. The van der Waals surface area contributed by atoms with Crippen molar-refractivity contribution < 1.29 is 34.1 Å². The number of aromatic carboxylic acids is 1. The van der Waals surface area contributed by atoms with Gasteiger partial charge in [-0.15, -0.1) is 0 Å². The summed E-state index contributed by atoms with van der Waals surface area (Å²) in [5.41, 5.74) is 4.20. The molecule has 5 rings (SSSR count). The Kier molecular flexibility index (Phi) is 7.60. The molecule has 0 saturated heterocycles. The number of allylic oxidation sites excluding steroid dienone is 4. The minimum Gasteiger partial charge on any atom is -0.489 e. The van der Waals surface area contributed by atoms with Crippen molar-refractivity contribution in [1.82, 2.24) is 4.90 Å². The van der Waals surface area contributed by atoms with Gasteiger partial charge in [0.25, 0.3) is 0 Å². The molecule has 1 heterocycles. The summed E-state index contributed by atoms with van der Waals surface area (Å²) < 4.78 is 5.95. The number of ether oxygens (including phenoxy) is 1. The average Bonchev–Trinajstić information content (AvgIpc) is 2.89. The Labute approximate surface area is 245 Å². The zero-order valence-corrected chi connectivity index (χ0v) is 24.5. The summed E-state index contributed by atoms with van der Waals surface area (Å²) in [5.74, 6) is -1.81. The standard InChI is InChI=1S/C34H37NO7/c1-33(2)15-24-30(26(36)17-33)29(31-25(35(24)14-13-28(38)39)16-34(3,4)18-27(31)37)21-9-11-23(12-10-21)42-19-20-5-7-22(8-6-20)32(40)41/h5-12,29H,13-19H2,1-4H3,(H,38,39)(H,40,41). The smallest absolute Gasteiger partial charge is 0.335 e. The Hall–Kier alpha value is -4.20. The largest absolute Gasteiger partial charge is 0.489 e. The van der Waals surface area contributed by atoms with E-state index in [1.165, 1.54) is 12.1 Å². The molecule has 0 unspecified atom stereocenters. The molecule has 0 saturated carbocycles. The normalized spacial score (nSPS) is 19.9. The molecule has 0 bridgehead atoms. The van der Waals surface area contributed by atoms with E-state index in [1.54, 1.807) is 12.1 Å². The Morgan fingerprint density at radius 2 is 1.33 bits per heavy atom. The monoisotopic (exact) mass is 571 g/mol. The second-order valence-electron chi connectivity index (χ2n) is 13.2. The Balaban J connectivity index is 1.52. The van der Waals surface area contributed by atoms with E-state index in [-0.39, 0.29) is 47.5 Å². The van der Waals surface area contributed by atoms with Gasteiger partial charge in [-0.1, -0.05) is 52.0 Å². The van der Waals surface area contributed by atoms with E-state index in [0.29, 0.717) is 42.6 Å². The first-order chi connectivity index (χ1) is 19.7. The first-order valence-corrected chi connectivity index (χ1v) is 14.3. The molecule has 3 aliphatic rings. The highest BCUT2D eigenvalue weighted by atomic mass is 16.5. The lowest BCUT2D eigenvalue weighted by molar-refractivity contribution is -0.137. The van der Waals surface area contributed by atoms with E-state index in [2.05, 4.69) is 27.7 Å². The maximum absolute atomic E-state index is 13.8. The van der Waals surface area contributed by atoms with E-state index in [9.17, 15) is 24.3 Å². The van der Waals surface area contributed by atoms with Crippen LogP contribution < -0.4 is 4.74 Å². The van der Waals surface area contributed by atoms with Gasteiger partial charge in [0.1, 0.15) is 12.4 Å². The van der Waals surface area contributed by atoms with Gasteiger partial charge in [0.15, 0.2) is 11.6 Å². The number of ketones is 2. The third-order valence-corrected chi connectivity index (χ3v) is 8.39. The third-order valence-electron chi connectivity index (χ3n) is 8.39. The van der Waals surface area contributed by atoms with Crippen molar-refractivity contribution in [2.45, 2.75) is 72.3 Å². The summed E-state index contributed by atoms with van der Waals surface area (Å²) in [6, 6.07) is 13.9. The second kappa shape index (κ2) is 10.9. The highest BCUT2D eigenvalue weighted by Gasteiger charge is 2.48. The first-order valence-electron chi connectivity index (χ1n) is 14.3. The van der Waals surface area contributed by atoms with E-state index in [1.807, 2.05) is 29.2 Å². The van der Waals surface area contributed by atoms with Crippen LogP contribution in [0.2, 0.25) is 0 Å². The van der Waals surface area contributed by atoms with Crippen molar-refractivity contribution in [3.05, 3.63) is 87.8 Å². The molecular weight excluding hydrogens is 534 g/mol. The number of carbonyl (C=O) groups excluding carboxylic acids is 2. The van der Waals surface area contributed by atoms with Gasteiger partial charge in [0.2, 0.25) is 0 Å². The zero-order valence-electron chi connectivity index (χ0n) is 24.5. The molecule has 2 aromatic carbocycles. The van der Waals surface area contributed by atoms with Crippen LogP contribution in [0.4, 0.5) is 0 Å². The molecular formula is C34H37NO7. The summed E-state index contributed by atoms with van der Waals surface area (Å²) in [6.07, 6.45) is 1.87. The molecule has 2 aliphatic carbocycles. The van der Waals surface area contributed by atoms with Crippen LogP contribution in [-0.2, 0) is 21.0 Å². The predicted octanol–water partition coefficient (Wildman–Crippen LogP) is 6.12. The third kappa shape index (κ3) is 5.89. The molecule has 2 N–H and O–H groups in total. The summed E-state index contributed by atoms with van der Waals surface area (Å²) >= 11 is 0. The van der Waals surface area contributed by atoms with Crippen molar-refractivity contribution in [3.63, 3.8) is 0 Å². The Morgan fingerprint density at radius 1 is 0.810 bits per heavy atom. The van der Waals surface area contributed by atoms with Crippen LogP contribution in [0.15, 0.2) is 71.1 Å². The number of benzene rings is 2. The number of carboxylic acid groups (broad SMARTS) is 2. The first kappa shape index (κ1) is 29.3. The van der Waals surface area contributed by atoms with Crippen LogP contribution >= 0.6 is 0 Å². The highest BCUT2D eigenvalue weighted by Crippen LogP contribution is 2.54. The number of aliphatic carboxylic acids is 1. The van der Waals surface area contributed by atoms with Crippen molar-refractivity contribution in [2.24, 2.45) is 10.8 Å². The molecule has 2 aromatic rings. The molecule has 0 radical (unpaired) electrons. The van der Waals surface area contributed by atoms with E-state index >= 15 is 0 Å². The molecule has 0 spiro atoms. The Bertz CT molecular complexity index is 1460. The van der Waals surface area contributed by atoms with Gasteiger partial charge >= 0.3 is 11.9 Å². The minimum atomic E-state index is -0.984. The number of carboxylic acids is 2. The van der Waals surface area contributed by atoms with Crippen LogP contribution in [0.1, 0.15) is 87.2 Å². The van der Waals surface area contributed by atoms with Gasteiger partial charge in [-0.3, -0.25) is 14.4 Å². The number of Topliss-reactive ketones (excluding diaryl/α,β-unsaturated/α-hetero) is 2. The number of hydrogen-bond acceptors (Lipinski definition) is 6.